The summed E-state index contributed by atoms with van der Waals surface area (Å²) in [5.74, 6) is 0.457. The van der Waals surface area contributed by atoms with Gasteiger partial charge in [0.2, 0.25) is 0 Å². The van der Waals surface area contributed by atoms with E-state index in [9.17, 15) is 4.79 Å². The molecule has 2 aromatic rings. The first-order chi connectivity index (χ1) is 11.5. The maximum atomic E-state index is 12.4. The van der Waals surface area contributed by atoms with Crippen molar-refractivity contribution in [2.75, 3.05) is 0 Å². The van der Waals surface area contributed by atoms with Gasteiger partial charge in [-0.15, -0.1) is 0 Å². The van der Waals surface area contributed by atoms with Crippen LogP contribution in [0.25, 0.3) is 0 Å². The van der Waals surface area contributed by atoms with Crippen LogP contribution in [0.3, 0.4) is 0 Å². The first-order valence-electron chi connectivity index (χ1n) is 8.37. The van der Waals surface area contributed by atoms with E-state index in [1.54, 1.807) is 31.2 Å². The Labute approximate surface area is 148 Å². The van der Waals surface area contributed by atoms with Gasteiger partial charge in [0.25, 0.3) is 5.91 Å². The highest BCUT2D eigenvalue weighted by atomic mass is 35.5. The molecule has 2 atom stereocenters. The van der Waals surface area contributed by atoms with E-state index in [2.05, 4.69) is 23.5 Å². The van der Waals surface area contributed by atoms with Gasteiger partial charge in [-0.1, -0.05) is 35.9 Å². The second-order valence-electron chi connectivity index (χ2n) is 6.33. The van der Waals surface area contributed by atoms with E-state index in [0.717, 1.165) is 12.0 Å². The van der Waals surface area contributed by atoms with Crippen molar-refractivity contribution in [2.45, 2.75) is 45.3 Å². The largest absolute Gasteiger partial charge is 0.481 e. The Balaban J connectivity index is 1.61. The summed E-state index contributed by atoms with van der Waals surface area (Å²) in [6.45, 7) is 3.74. The van der Waals surface area contributed by atoms with E-state index in [4.69, 9.17) is 16.3 Å². The molecule has 0 heterocycles. The van der Waals surface area contributed by atoms with Crippen LogP contribution in [0.1, 0.15) is 43.0 Å². The number of fused-ring (bicyclic) bond motifs is 1. The van der Waals surface area contributed by atoms with E-state index < -0.39 is 6.10 Å². The number of carbonyl (C=O) groups excluding carboxylic acids is 1. The highest BCUT2D eigenvalue weighted by molar-refractivity contribution is 6.30. The van der Waals surface area contributed by atoms with Crippen LogP contribution in [0.5, 0.6) is 5.75 Å². The Bertz CT molecular complexity index is 744. The number of benzene rings is 2. The molecule has 0 radical (unpaired) electrons. The highest BCUT2D eigenvalue weighted by Crippen LogP contribution is 2.25. The average Bonchev–Trinajstić information content (AvgIpc) is 3.02. The predicted molar refractivity (Wildman–Crippen MR) is 96.6 cm³/mol. The molecule has 126 valence electrons. The van der Waals surface area contributed by atoms with E-state index in [0.29, 0.717) is 10.8 Å². The fraction of sp³-hybridized carbons (Fsp3) is 0.350. The fourth-order valence-electron chi connectivity index (χ4n) is 3.07. The van der Waals surface area contributed by atoms with Crippen LogP contribution < -0.4 is 10.1 Å². The van der Waals surface area contributed by atoms with Gasteiger partial charge in [-0.05, 0) is 68.0 Å². The molecular weight excluding hydrogens is 322 g/mol. The summed E-state index contributed by atoms with van der Waals surface area (Å²) in [4.78, 5) is 12.4. The number of rotatable bonds is 5. The molecule has 1 aliphatic carbocycles. The molecule has 0 aliphatic heterocycles. The molecule has 0 saturated heterocycles. The second-order valence-corrected chi connectivity index (χ2v) is 6.77. The molecule has 3 nitrogen and oxygen atoms in total. The van der Waals surface area contributed by atoms with Crippen LogP contribution >= 0.6 is 11.6 Å². The van der Waals surface area contributed by atoms with Gasteiger partial charge >= 0.3 is 0 Å². The smallest absolute Gasteiger partial charge is 0.261 e. The van der Waals surface area contributed by atoms with E-state index in [-0.39, 0.29) is 11.9 Å². The number of amides is 1. The third kappa shape index (κ3) is 3.90. The Morgan fingerprint density at radius 1 is 1.12 bits per heavy atom. The zero-order chi connectivity index (χ0) is 17.1. The Morgan fingerprint density at radius 3 is 2.71 bits per heavy atom. The lowest BCUT2D eigenvalue weighted by atomic mass is 10.0. The minimum atomic E-state index is -0.583. The topological polar surface area (TPSA) is 38.3 Å². The van der Waals surface area contributed by atoms with Gasteiger partial charge in [0.05, 0.1) is 6.04 Å². The van der Waals surface area contributed by atoms with Crippen LogP contribution in [0.2, 0.25) is 5.02 Å². The first-order valence-corrected chi connectivity index (χ1v) is 8.75. The average molecular weight is 344 g/mol. The summed E-state index contributed by atoms with van der Waals surface area (Å²) >= 11 is 5.94. The summed E-state index contributed by atoms with van der Waals surface area (Å²) in [6.07, 6.45) is 2.95. The van der Waals surface area contributed by atoms with Gasteiger partial charge < -0.3 is 10.1 Å². The lowest BCUT2D eigenvalue weighted by Crippen LogP contribution is -2.37. The van der Waals surface area contributed by atoms with Crippen molar-refractivity contribution in [3.8, 4) is 5.75 Å². The van der Waals surface area contributed by atoms with Crippen LogP contribution in [0.15, 0.2) is 42.5 Å². The molecule has 0 fully saturated rings. The van der Waals surface area contributed by atoms with Crippen LogP contribution in [0.4, 0.5) is 0 Å². The van der Waals surface area contributed by atoms with E-state index in [1.807, 2.05) is 6.92 Å². The van der Waals surface area contributed by atoms with Crippen LogP contribution in [-0.2, 0) is 17.6 Å². The number of ether oxygens (including phenoxy) is 1. The summed E-state index contributed by atoms with van der Waals surface area (Å²) < 4.78 is 5.67. The monoisotopic (exact) mass is 343 g/mol. The Hall–Kier alpha value is -2.00. The predicted octanol–water partition coefficient (Wildman–Crippen LogP) is 4.47. The van der Waals surface area contributed by atoms with Crippen molar-refractivity contribution >= 4 is 17.5 Å². The summed E-state index contributed by atoms with van der Waals surface area (Å²) in [5.41, 5.74) is 3.99. The van der Waals surface area contributed by atoms with Gasteiger partial charge in [-0.3, -0.25) is 4.79 Å². The number of hydrogen-bond donors (Lipinski definition) is 1. The Morgan fingerprint density at radius 2 is 1.92 bits per heavy atom. The molecule has 3 rings (SSSR count). The molecule has 0 unspecified atom stereocenters. The van der Waals surface area contributed by atoms with Crippen molar-refractivity contribution < 1.29 is 9.53 Å². The third-order valence-electron chi connectivity index (χ3n) is 4.46. The van der Waals surface area contributed by atoms with Crippen LogP contribution in [-0.4, -0.2) is 12.0 Å². The molecule has 1 amide bonds. The molecule has 1 N–H and O–H groups in total. The summed E-state index contributed by atoms with van der Waals surface area (Å²) in [7, 11) is 0. The zero-order valence-electron chi connectivity index (χ0n) is 14.0. The molecule has 24 heavy (non-hydrogen) atoms. The molecule has 4 heteroatoms. The van der Waals surface area contributed by atoms with Crippen LogP contribution in [0, 0.1) is 0 Å². The lowest BCUT2D eigenvalue weighted by molar-refractivity contribution is -0.127. The van der Waals surface area contributed by atoms with Crippen molar-refractivity contribution in [1.82, 2.24) is 5.32 Å². The normalized spacial score (nSPS) is 15.5. The summed E-state index contributed by atoms with van der Waals surface area (Å²) in [5, 5.41) is 3.61. The standard InChI is InChI=1S/C20H22ClNO2/c1-13(16-10-9-15-5-3-6-17(15)11-16)22-20(23)14(2)24-19-8-4-7-18(21)12-19/h4,7-14H,3,5-6H2,1-2H3,(H,22,23)/t13-,14+/m1/s1. The van der Waals surface area contributed by atoms with E-state index in [1.165, 1.54) is 24.0 Å². The quantitative estimate of drug-likeness (QED) is 0.869. The maximum Gasteiger partial charge on any atom is 0.261 e. The van der Waals surface area contributed by atoms with Crippen molar-refractivity contribution in [3.05, 3.63) is 64.2 Å². The maximum absolute atomic E-state index is 12.4. The molecular formula is C20H22ClNO2. The van der Waals surface area contributed by atoms with Gasteiger partial charge in [0.1, 0.15) is 5.75 Å². The minimum absolute atomic E-state index is 0.0474. The van der Waals surface area contributed by atoms with Crippen molar-refractivity contribution in [3.63, 3.8) is 0 Å². The fourth-order valence-corrected chi connectivity index (χ4v) is 3.25. The van der Waals surface area contributed by atoms with Crippen molar-refractivity contribution in [1.29, 1.82) is 0 Å². The molecule has 2 aromatic carbocycles. The SMILES string of the molecule is C[C@H](Oc1cccc(Cl)c1)C(=O)N[C@H](C)c1ccc2c(c1)CCC2. The number of carbonyl (C=O) groups is 1. The number of aryl methyl sites for hydroxylation is 2. The lowest BCUT2D eigenvalue weighted by Gasteiger charge is -2.19. The number of nitrogens with one attached hydrogen (secondary N) is 1. The molecule has 0 bridgehead atoms. The first kappa shape index (κ1) is 16.8. The summed E-state index contributed by atoms with van der Waals surface area (Å²) in [6, 6.07) is 13.5. The number of hydrogen-bond acceptors (Lipinski definition) is 2. The third-order valence-corrected chi connectivity index (χ3v) is 4.69. The van der Waals surface area contributed by atoms with Crippen molar-refractivity contribution in [2.24, 2.45) is 0 Å². The van der Waals surface area contributed by atoms with Gasteiger partial charge in [-0.2, -0.15) is 0 Å². The second kappa shape index (κ2) is 7.27. The zero-order valence-corrected chi connectivity index (χ0v) is 14.8. The molecule has 0 spiro atoms. The molecule has 0 aromatic heterocycles. The van der Waals surface area contributed by atoms with Gasteiger partial charge in [-0.25, -0.2) is 0 Å². The Kier molecular flexibility index (Phi) is 5.10. The minimum Gasteiger partial charge on any atom is -0.481 e. The van der Waals surface area contributed by atoms with Gasteiger partial charge in [0.15, 0.2) is 6.10 Å². The van der Waals surface area contributed by atoms with Gasteiger partial charge in [0, 0.05) is 5.02 Å². The van der Waals surface area contributed by atoms with E-state index >= 15 is 0 Å². The number of halogens is 1. The molecule has 1 aliphatic rings. The molecule has 0 saturated carbocycles. The highest BCUT2D eigenvalue weighted by Gasteiger charge is 2.19.